The van der Waals surface area contributed by atoms with Crippen LogP contribution in [0, 0.1) is 5.92 Å². The number of benzene rings is 2. The Morgan fingerprint density at radius 1 is 0.966 bits per heavy atom. The minimum absolute atomic E-state index is 0.0313. The number of nitrogens with one attached hydrogen (secondary N) is 2. The summed E-state index contributed by atoms with van der Waals surface area (Å²) in [6, 6.07) is 16.6. The van der Waals surface area contributed by atoms with Crippen molar-refractivity contribution in [1.82, 2.24) is 25.5 Å². The summed E-state index contributed by atoms with van der Waals surface area (Å²) < 4.78 is 1.47. The quantitative estimate of drug-likeness (QED) is 0.613. The summed E-state index contributed by atoms with van der Waals surface area (Å²) in [6.45, 7) is 4.05. The largest absolute Gasteiger partial charge is 0.350 e. The summed E-state index contributed by atoms with van der Waals surface area (Å²) in [7, 11) is 0. The molecule has 8 heteroatoms. The molecule has 3 rings (SSSR count). The fourth-order valence-corrected chi connectivity index (χ4v) is 2.75. The molecule has 29 heavy (non-hydrogen) atoms. The molecule has 0 saturated heterocycles. The van der Waals surface area contributed by atoms with Gasteiger partial charge in [-0.1, -0.05) is 56.3 Å². The van der Waals surface area contributed by atoms with Crippen LogP contribution in [0.25, 0.3) is 0 Å². The van der Waals surface area contributed by atoms with Crippen LogP contribution in [0.3, 0.4) is 0 Å². The fraction of sp³-hybridized carbons (Fsp3) is 0.286. The average Bonchev–Trinajstić information content (AvgIpc) is 3.26. The molecule has 0 fully saturated rings. The van der Waals surface area contributed by atoms with Crippen LogP contribution in [-0.2, 0) is 22.6 Å². The Morgan fingerprint density at radius 3 is 2.31 bits per heavy atom. The fourth-order valence-electron chi connectivity index (χ4n) is 2.75. The first-order chi connectivity index (χ1) is 14.0. The molecule has 0 saturated carbocycles. The van der Waals surface area contributed by atoms with Gasteiger partial charge in [0.15, 0.2) is 0 Å². The van der Waals surface area contributed by atoms with Crippen molar-refractivity contribution in [3.05, 3.63) is 72.1 Å². The molecular formula is C21H24N6O2. The van der Waals surface area contributed by atoms with E-state index < -0.39 is 6.04 Å². The zero-order chi connectivity index (χ0) is 20.6. The molecule has 0 aliphatic carbocycles. The van der Waals surface area contributed by atoms with Gasteiger partial charge in [0.05, 0.1) is 0 Å². The molecule has 0 bridgehead atoms. The van der Waals surface area contributed by atoms with E-state index in [1.807, 2.05) is 68.4 Å². The molecule has 1 atom stereocenters. The van der Waals surface area contributed by atoms with Crippen LogP contribution in [0.15, 0.2) is 60.9 Å². The molecule has 0 aliphatic rings. The Kier molecular flexibility index (Phi) is 6.67. The van der Waals surface area contributed by atoms with E-state index in [1.54, 1.807) is 0 Å². The minimum Gasteiger partial charge on any atom is -0.350 e. The first kappa shape index (κ1) is 20.2. The summed E-state index contributed by atoms with van der Waals surface area (Å²) in [6.07, 6.45) is 1.93. The number of hydrogen-bond acceptors (Lipinski definition) is 5. The van der Waals surface area contributed by atoms with Crippen LogP contribution >= 0.6 is 0 Å². The number of anilines is 1. The van der Waals surface area contributed by atoms with Crippen molar-refractivity contribution in [3.8, 4) is 0 Å². The Morgan fingerprint density at radius 2 is 1.69 bits per heavy atom. The van der Waals surface area contributed by atoms with Gasteiger partial charge in [-0.2, -0.15) is 0 Å². The highest BCUT2D eigenvalue weighted by Crippen LogP contribution is 2.15. The number of carbonyl (C=O) groups is 2. The molecule has 0 aliphatic heterocycles. The van der Waals surface area contributed by atoms with Crippen molar-refractivity contribution in [2.24, 2.45) is 5.92 Å². The molecule has 1 unspecified atom stereocenters. The molecule has 2 amide bonds. The van der Waals surface area contributed by atoms with Crippen LogP contribution < -0.4 is 10.6 Å². The second-order valence-corrected chi connectivity index (χ2v) is 7.05. The number of hydrogen-bond donors (Lipinski definition) is 2. The summed E-state index contributed by atoms with van der Waals surface area (Å²) in [5.41, 5.74) is 2.68. The number of rotatable bonds is 8. The van der Waals surface area contributed by atoms with Gasteiger partial charge in [0.25, 0.3) is 0 Å². The molecular weight excluding hydrogens is 368 g/mol. The number of nitrogens with zero attached hydrogens (tertiary/aromatic N) is 4. The maximum absolute atomic E-state index is 12.8. The van der Waals surface area contributed by atoms with Gasteiger partial charge in [-0.3, -0.25) is 9.59 Å². The number of tetrazole rings is 1. The van der Waals surface area contributed by atoms with Crippen LogP contribution in [0.5, 0.6) is 0 Å². The molecule has 8 nitrogen and oxygen atoms in total. The molecule has 1 aromatic heterocycles. The third-order valence-electron chi connectivity index (χ3n) is 4.47. The Labute approximate surface area is 169 Å². The third kappa shape index (κ3) is 5.71. The lowest BCUT2D eigenvalue weighted by molar-refractivity contribution is -0.124. The molecule has 0 radical (unpaired) electrons. The van der Waals surface area contributed by atoms with Crippen molar-refractivity contribution in [2.75, 3.05) is 5.32 Å². The maximum atomic E-state index is 12.8. The van der Waals surface area contributed by atoms with E-state index >= 15 is 0 Å². The minimum atomic E-state index is -0.544. The SMILES string of the molecule is CC(C)C(=O)Nc1ccc(CNC(=O)C(Cc2ccccc2)n2cnnn2)cc1. The maximum Gasteiger partial charge on any atom is 0.245 e. The lowest BCUT2D eigenvalue weighted by atomic mass is 10.1. The van der Waals surface area contributed by atoms with Crippen LogP contribution in [-0.4, -0.2) is 32.0 Å². The second-order valence-electron chi connectivity index (χ2n) is 7.05. The van der Waals surface area contributed by atoms with Gasteiger partial charge < -0.3 is 10.6 Å². The molecule has 150 valence electrons. The van der Waals surface area contributed by atoms with Gasteiger partial charge in [-0.05, 0) is 33.7 Å². The topological polar surface area (TPSA) is 102 Å². The van der Waals surface area contributed by atoms with E-state index in [0.29, 0.717) is 13.0 Å². The Bertz CT molecular complexity index is 924. The van der Waals surface area contributed by atoms with E-state index in [4.69, 9.17) is 0 Å². The Balaban J connectivity index is 1.62. The predicted octanol–water partition coefficient (Wildman–Crippen LogP) is 2.37. The van der Waals surface area contributed by atoms with Crippen molar-refractivity contribution in [1.29, 1.82) is 0 Å². The third-order valence-corrected chi connectivity index (χ3v) is 4.47. The zero-order valence-electron chi connectivity index (χ0n) is 16.4. The lowest BCUT2D eigenvalue weighted by Gasteiger charge is -2.16. The van der Waals surface area contributed by atoms with E-state index in [2.05, 4.69) is 26.2 Å². The van der Waals surface area contributed by atoms with Gasteiger partial charge >= 0.3 is 0 Å². The van der Waals surface area contributed by atoms with Crippen LogP contribution in [0.4, 0.5) is 5.69 Å². The van der Waals surface area contributed by atoms with Gasteiger partial charge in [0, 0.05) is 24.6 Å². The first-order valence-electron chi connectivity index (χ1n) is 9.47. The standard InChI is InChI=1S/C21H24N6O2/c1-15(2)20(28)24-18-10-8-17(9-11-18)13-22-21(29)19(27-14-23-25-26-27)12-16-6-4-3-5-7-16/h3-11,14-15,19H,12-13H2,1-2H3,(H,22,29)(H,24,28). The second kappa shape index (κ2) is 9.59. The van der Waals surface area contributed by atoms with Crippen molar-refractivity contribution < 1.29 is 9.59 Å². The summed E-state index contributed by atoms with van der Waals surface area (Å²) in [5.74, 6) is -0.281. The predicted molar refractivity (Wildman–Crippen MR) is 109 cm³/mol. The molecule has 2 aromatic carbocycles. The highest BCUT2D eigenvalue weighted by molar-refractivity contribution is 5.92. The molecule has 0 spiro atoms. The highest BCUT2D eigenvalue weighted by Gasteiger charge is 2.22. The Hall–Kier alpha value is -3.55. The molecule has 3 aromatic rings. The van der Waals surface area contributed by atoms with Crippen molar-refractivity contribution in [2.45, 2.75) is 32.9 Å². The zero-order valence-corrected chi connectivity index (χ0v) is 16.4. The van der Waals surface area contributed by atoms with Crippen LogP contribution in [0.1, 0.15) is 31.0 Å². The van der Waals surface area contributed by atoms with Crippen molar-refractivity contribution >= 4 is 17.5 Å². The summed E-state index contributed by atoms with van der Waals surface area (Å²) >= 11 is 0. The van der Waals surface area contributed by atoms with Crippen LogP contribution in [0.2, 0.25) is 0 Å². The monoisotopic (exact) mass is 392 g/mol. The average molecular weight is 392 g/mol. The number of carbonyl (C=O) groups excluding carboxylic acids is 2. The van der Waals surface area contributed by atoms with Gasteiger partial charge in [-0.25, -0.2) is 4.68 Å². The normalized spacial score (nSPS) is 11.8. The molecule has 2 N–H and O–H groups in total. The highest BCUT2D eigenvalue weighted by atomic mass is 16.2. The molecule has 1 heterocycles. The van der Waals surface area contributed by atoms with E-state index in [-0.39, 0.29) is 17.7 Å². The van der Waals surface area contributed by atoms with Gasteiger partial charge in [-0.15, -0.1) is 5.10 Å². The van der Waals surface area contributed by atoms with Gasteiger partial charge in [0.1, 0.15) is 12.4 Å². The van der Waals surface area contributed by atoms with E-state index in [1.165, 1.54) is 11.0 Å². The number of aromatic nitrogens is 4. The number of amides is 2. The van der Waals surface area contributed by atoms with Crippen molar-refractivity contribution in [3.63, 3.8) is 0 Å². The van der Waals surface area contributed by atoms with Gasteiger partial charge in [0.2, 0.25) is 11.8 Å². The summed E-state index contributed by atoms with van der Waals surface area (Å²) in [4.78, 5) is 24.6. The van der Waals surface area contributed by atoms with E-state index in [9.17, 15) is 9.59 Å². The first-order valence-corrected chi connectivity index (χ1v) is 9.47. The summed E-state index contributed by atoms with van der Waals surface area (Å²) in [5, 5.41) is 17.0. The lowest BCUT2D eigenvalue weighted by Crippen LogP contribution is -2.34. The smallest absolute Gasteiger partial charge is 0.245 e. The van der Waals surface area contributed by atoms with E-state index in [0.717, 1.165) is 16.8 Å².